The fourth-order valence-electron chi connectivity index (χ4n) is 3.07. The van der Waals surface area contributed by atoms with E-state index in [9.17, 15) is 8.42 Å². The molecule has 0 aliphatic carbocycles. The van der Waals surface area contributed by atoms with Crippen molar-refractivity contribution in [3.63, 3.8) is 0 Å². The lowest BCUT2D eigenvalue weighted by molar-refractivity contribution is 0.222. The maximum atomic E-state index is 12.9. The number of H-pyrrole nitrogens is 1. The van der Waals surface area contributed by atoms with Crippen LogP contribution in [-0.2, 0) is 10.0 Å². The zero-order valence-corrected chi connectivity index (χ0v) is 16.2. The van der Waals surface area contributed by atoms with Crippen molar-refractivity contribution in [3.8, 4) is 10.6 Å². The molecule has 4 rings (SSSR count). The number of piperazine rings is 1. The van der Waals surface area contributed by atoms with Gasteiger partial charge < -0.3 is 10.6 Å². The molecule has 0 bridgehead atoms. The molecule has 10 heteroatoms. The highest BCUT2D eigenvalue weighted by Gasteiger charge is 2.28. The Kier molecular flexibility index (Phi) is 4.22. The molecule has 0 radical (unpaired) electrons. The van der Waals surface area contributed by atoms with Crippen LogP contribution in [0.1, 0.15) is 5.69 Å². The highest BCUT2D eigenvalue weighted by Crippen LogP contribution is 2.35. The highest BCUT2D eigenvalue weighted by molar-refractivity contribution is 7.89. The van der Waals surface area contributed by atoms with Gasteiger partial charge in [-0.05, 0) is 32.2 Å². The normalized spacial score (nSPS) is 17.2. The molecule has 3 N–H and O–H groups in total. The Morgan fingerprint density at radius 2 is 1.96 bits per heavy atom. The van der Waals surface area contributed by atoms with Gasteiger partial charge in [-0.25, -0.2) is 13.4 Å². The number of aromatic nitrogens is 3. The van der Waals surface area contributed by atoms with Crippen LogP contribution in [0, 0.1) is 6.92 Å². The van der Waals surface area contributed by atoms with E-state index in [4.69, 9.17) is 5.73 Å². The van der Waals surface area contributed by atoms with E-state index in [-0.39, 0.29) is 0 Å². The molecule has 0 atom stereocenters. The molecule has 0 unspecified atom stereocenters. The van der Waals surface area contributed by atoms with Crippen molar-refractivity contribution in [2.45, 2.75) is 11.8 Å². The molecule has 1 aliphatic heterocycles. The number of nitrogens with one attached hydrogen (secondary N) is 1. The van der Waals surface area contributed by atoms with E-state index in [1.165, 1.54) is 11.3 Å². The molecule has 138 valence electrons. The highest BCUT2D eigenvalue weighted by atomic mass is 32.2. The third-order valence-electron chi connectivity index (χ3n) is 4.65. The number of nitrogens with two attached hydrogens (primary N) is 1. The summed E-state index contributed by atoms with van der Waals surface area (Å²) in [5, 5.41) is 7.58. The number of nitrogens with zero attached hydrogens (tertiary/aromatic N) is 4. The van der Waals surface area contributed by atoms with Crippen LogP contribution in [0.4, 0.5) is 5.82 Å². The first kappa shape index (κ1) is 17.4. The van der Waals surface area contributed by atoms with Gasteiger partial charge in [0, 0.05) is 26.2 Å². The van der Waals surface area contributed by atoms with E-state index in [0.29, 0.717) is 23.8 Å². The summed E-state index contributed by atoms with van der Waals surface area (Å²) >= 11 is 1.42. The third kappa shape index (κ3) is 2.88. The Morgan fingerprint density at radius 3 is 2.62 bits per heavy atom. The van der Waals surface area contributed by atoms with Crippen LogP contribution >= 0.6 is 11.3 Å². The van der Waals surface area contributed by atoms with E-state index in [0.717, 1.165) is 39.6 Å². The second-order valence-corrected chi connectivity index (χ2v) is 9.42. The average Bonchev–Trinajstić information content (AvgIpc) is 3.17. The van der Waals surface area contributed by atoms with Crippen molar-refractivity contribution >= 4 is 37.4 Å². The molecule has 1 saturated heterocycles. The number of hydrogen-bond acceptors (Lipinski definition) is 7. The number of nitrogen functional groups attached to an aromatic ring is 1. The topological polar surface area (TPSA) is 108 Å². The number of likely N-dealkylation sites (N-methyl/N-ethyl adjacent to an activating group) is 1. The molecule has 0 saturated carbocycles. The van der Waals surface area contributed by atoms with Crippen LogP contribution in [0.15, 0.2) is 23.1 Å². The number of hydrogen-bond donors (Lipinski definition) is 2. The van der Waals surface area contributed by atoms with Gasteiger partial charge in [0.2, 0.25) is 10.0 Å². The fourth-order valence-corrected chi connectivity index (χ4v) is 5.71. The Balaban J connectivity index is 1.72. The zero-order valence-electron chi connectivity index (χ0n) is 14.6. The number of sulfonamides is 1. The lowest BCUT2D eigenvalue weighted by atomic mass is 10.2. The number of aryl methyl sites for hydroxylation is 1. The number of fused-ring (bicyclic) bond motifs is 1. The monoisotopic (exact) mass is 392 g/mol. The van der Waals surface area contributed by atoms with Gasteiger partial charge in [-0.1, -0.05) is 0 Å². The Labute approximate surface area is 155 Å². The fraction of sp³-hybridized carbons (Fsp3) is 0.375. The van der Waals surface area contributed by atoms with Crippen LogP contribution in [0.3, 0.4) is 0 Å². The quantitative estimate of drug-likeness (QED) is 0.699. The molecule has 2 aromatic heterocycles. The van der Waals surface area contributed by atoms with E-state index in [1.54, 1.807) is 22.5 Å². The first-order valence-corrected chi connectivity index (χ1v) is 10.5. The molecule has 0 amide bonds. The van der Waals surface area contributed by atoms with E-state index in [2.05, 4.69) is 20.1 Å². The van der Waals surface area contributed by atoms with Crippen molar-refractivity contribution in [2.75, 3.05) is 39.0 Å². The second-order valence-electron chi connectivity index (χ2n) is 6.45. The maximum absolute atomic E-state index is 12.9. The third-order valence-corrected chi connectivity index (χ3v) is 7.58. The maximum Gasteiger partial charge on any atom is 0.243 e. The predicted molar refractivity (Wildman–Crippen MR) is 103 cm³/mol. The number of thiazole rings is 1. The molecule has 1 aromatic carbocycles. The number of benzene rings is 1. The summed E-state index contributed by atoms with van der Waals surface area (Å²) in [5.41, 5.74) is 8.24. The minimum atomic E-state index is -3.50. The van der Waals surface area contributed by atoms with Crippen molar-refractivity contribution in [3.05, 3.63) is 23.9 Å². The average molecular weight is 393 g/mol. The van der Waals surface area contributed by atoms with Crippen LogP contribution in [0.2, 0.25) is 0 Å². The van der Waals surface area contributed by atoms with Crippen molar-refractivity contribution < 1.29 is 8.42 Å². The number of anilines is 1. The van der Waals surface area contributed by atoms with E-state index >= 15 is 0 Å². The summed E-state index contributed by atoms with van der Waals surface area (Å²) < 4.78 is 28.2. The van der Waals surface area contributed by atoms with Crippen LogP contribution < -0.4 is 5.73 Å². The second kappa shape index (κ2) is 6.31. The van der Waals surface area contributed by atoms with Crippen molar-refractivity contribution in [2.24, 2.45) is 0 Å². The minimum absolute atomic E-state index is 0.307. The van der Waals surface area contributed by atoms with Crippen molar-refractivity contribution in [1.29, 1.82) is 0 Å². The molecule has 26 heavy (non-hydrogen) atoms. The Hall–Kier alpha value is -2.01. The number of aromatic amines is 1. The summed E-state index contributed by atoms with van der Waals surface area (Å²) in [5.74, 6) is 0.465. The molecular formula is C16H20N6O2S2. The summed E-state index contributed by atoms with van der Waals surface area (Å²) in [6.07, 6.45) is 0. The predicted octanol–water partition coefficient (Wildman–Crippen LogP) is 1.51. The lowest BCUT2D eigenvalue weighted by Gasteiger charge is -2.31. The molecule has 0 spiro atoms. The smallest absolute Gasteiger partial charge is 0.243 e. The van der Waals surface area contributed by atoms with Gasteiger partial charge >= 0.3 is 0 Å². The first-order valence-electron chi connectivity index (χ1n) is 8.26. The summed E-state index contributed by atoms with van der Waals surface area (Å²) in [7, 11) is -1.50. The van der Waals surface area contributed by atoms with E-state index in [1.807, 2.05) is 14.0 Å². The zero-order chi connectivity index (χ0) is 18.5. The van der Waals surface area contributed by atoms with Gasteiger partial charge in [0.1, 0.15) is 10.8 Å². The molecule has 1 fully saturated rings. The number of rotatable bonds is 3. The first-order chi connectivity index (χ1) is 12.4. The van der Waals surface area contributed by atoms with Gasteiger partial charge in [-0.3, -0.25) is 5.10 Å². The Bertz CT molecular complexity index is 1040. The van der Waals surface area contributed by atoms with Crippen LogP contribution in [-0.4, -0.2) is 66.0 Å². The molecule has 3 heterocycles. The lowest BCUT2D eigenvalue weighted by Crippen LogP contribution is -2.46. The molecule has 3 aromatic rings. The summed E-state index contributed by atoms with van der Waals surface area (Å²) in [4.78, 5) is 7.02. The molecule has 1 aliphatic rings. The van der Waals surface area contributed by atoms with Gasteiger partial charge in [-0.2, -0.15) is 9.40 Å². The standard InChI is InChI=1S/C16H20N6O2S2/c1-10-14(15(17)20-19-10)16-18-12-4-3-11(9-13(12)25-16)26(23,24)22-7-5-21(2)6-8-22/h3-4,9H,5-8H2,1-2H3,(H3,17,19,20). The van der Waals surface area contributed by atoms with Gasteiger partial charge in [-0.15, -0.1) is 11.3 Å². The van der Waals surface area contributed by atoms with E-state index < -0.39 is 10.0 Å². The van der Waals surface area contributed by atoms with Crippen LogP contribution in [0.25, 0.3) is 20.8 Å². The summed E-state index contributed by atoms with van der Waals surface area (Å²) in [6, 6.07) is 5.09. The van der Waals surface area contributed by atoms with Crippen LogP contribution in [0.5, 0.6) is 0 Å². The largest absolute Gasteiger partial charge is 0.383 e. The SMILES string of the molecule is Cc1n[nH]c(N)c1-c1nc2ccc(S(=O)(=O)N3CCN(C)CC3)cc2s1. The Morgan fingerprint density at radius 1 is 1.23 bits per heavy atom. The minimum Gasteiger partial charge on any atom is -0.383 e. The molecular weight excluding hydrogens is 372 g/mol. The molecule has 8 nitrogen and oxygen atoms in total. The van der Waals surface area contributed by atoms with Gasteiger partial charge in [0.15, 0.2) is 0 Å². The van der Waals surface area contributed by atoms with Gasteiger partial charge in [0.25, 0.3) is 0 Å². The van der Waals surface area contributed by atoms with Gasteiger partial charge in [0.05, 0.1) is 26.4 Å². The summed E-state index contributed by atoms with van der Waals surface area (Å²) in [6.45, 7) is 4.36. The van der Waals surface area contributed by atoms with Crippen molar-refractivity contribution in [1.82, 2.24) is 24.4 Å².